The Labute approximate surface area is 99.7 Å². The number of hydrogen-bond acceptors (Lipinski definition) is 3. The number of ether oxygens (including phenoxy) is 1. The monoisotopic (exact) mass is 226 g/mol. The zero-order valence-electron chi connectivity index (χ0n) is 10.8. The van der Waals surface area contributed by atoms with Crippen molar-refractivity contribution >= 4 is 0 Å². The predicted molar refractivity (Wildman–Crippen MR) is 66.7 cm³/mol. The van der Waals surface area contributed by atoms with Gasteiger partial charge in [0, 0.05) is 26.2 Å². The lowest BCUT2D eigenvalue weighted by atomic mass is 10.0. The van der Waals surface area contributed by atoms with E-state index in [1.165, 1.54) is 51.9 Å². The van der Waals surface area contributed by atoms with Crippen molar-refractivity contribution in [3.05, 3.63) is 0 Å². The van der Waals surface area contributed by atoms with Crippen LogP contribution in [0.5, 0.6) is 0 Å². The van der Waals surface area contributed by atoms with Crippen LogP contribution in [0.3, 0.4) is 0 Å². The van der Waals surface area contributed by atoms with Crippen molar-refractivity contribution in [2.75, 3.05) is 39.8 Å². The minimum absolute atomic E-state index is 0.371. The van der Waals surface area contributed by atoms with Crippen LogP contribution in [0, 0.1) is 0 Å². The lowest BCUT2D eigenvalue weighted by Crippen LogP contribution is -2.45. The van der Waals surface area contributed by atoms with E-state index in [2.05, 4.69) is 16.7 Å². The Hall–Kier alpha value is -0.120. The topological polar surface area (TPSA) is 15.7 Å². The Bertz CT molecular complexity index is 210. The summed E-state index contributed by atoms with van der Waals surface area (Å²) >= 11 is 0. The van der Waals surface area contributed by atoms with E-state index < -0.39 is 0 Å². The van der Waals surface area contributed by atoms with Gasteiger partial charge < -0.3 is 4.74 Å². The van der Waals surface area contributed by atoms with Crippen molar-refractivity contribution in [2.45, 2.75) is 44.8 Å². The Kier molecular flexibility index (Phi) is 4.62. The first-order chi connectivity index (χ1) is 7.79. The second-order valence-corrected chi connectivity index (χ2v) is 5.35. The van der Waals surface area contributed by atoms with E-state index in [4.69, 9.17) is 4.74 Å². The molecule has 2 unspecified atom stereocenters. The lowest BCUT2D eigenvalue weighted by Gasteiger charge is -2.35. The van der Waals surface area contributed by atoms with Crippen molar-refractivity contribution in [3.63, 3.8) is 0 Å². The SMILES string of the molecule is COC(C)CN1CCCN2CCCCC2C1. The average molecular weight is 226 g/mol. The number of nitrogens with zero attached hydrogens (tertiary/aromatic N) is 2. The first-order valence-electron chi connectivity index (χ1n) is 6.79. The van der Waals surface area contributed by atoms with Gasteiger partial charge in [-0.15, -0.1) is 0 Å². The zero-order chi connectivity index (χ0) is 11.4. The number of fused-ring (bicyclic) bond motifs is 1. The molecule has 0 aliphatic carbocycles. The molecule has 0 spiro atoms. The second kappa shape index (κ2) is 5.99. The summed E-state index contributed by atoms with van der Waals surface area (Å²) in [5.74, 6) is 0. The fraction of sp³-hybridized carbons (Fsp3) is 1.00. The third-order valence-corrected chi connectivity index (χ3v) is 4.06. The van der Waals surface area contributed by atoms with Gasteiger partial charge in [-0.1, -0.05) is 6.42 Å². The molecule has 2 aliphatic heterocycles. The van der Waals surface area contributed by atoms with Gasteiger partial charge in [0.05, 0.1) is 6.10 Å². The van der Waals surface area contributed by atoms with Crippen LogP contribution in [0.1, 0.15) is 32.6 Å². The third-order valence-electron chi connectivity index (χ3n) is 4.06. The molecule has 2 atom stereocenters. The molecule has 0 aromatic heterocycles. The average Bonchev–Trinajstić information content (AvgIpc) is 2.50. The van der Waals surface area contributed by atoms with Gasteiger partial charge >= 0.3 is 0 Å². The Morgan fingerprint density at radius 3 is 2.81 bits per heavy atom. The van der Waals surface area contributed by atoms with Crippen molar-refractivity contribution in [2.24, 2.45) is 0 Å². The van der Waals surface area contributed by atoms with E-state index in [0.29, 0.717) is 6.10 Å². The highest BCUT2D eigenvalue weighted by molar-refractivity contribution is 4.83. The highest BCUT2D eigenvalue weighted by Gasteiger charge is 2.27. The first kappa shape index (κ1) is 12.3. The molecule has 16 heavy (non-hydrogen) atoms. The smallest absolute Gasteiger partial charge is 0.0670 e. The first-order valence-corrected chi connectivity index (χ1v) is 6.79. The summed E-state index contributed by atoms with van der Waals surface area (Å²) in [5, 5.41) is 0. The quantitative estimate of drug-likeness (QED) is 0.727. The Balaban J connectivity index is 1.86. The minimum atomic E-state index is 0.371. The maximum Gasteiger partial charge on any atom is 0.0670 e. The predicted octanol–water partition coefficient (Wildman–Crippen LogP) is 1.58. The molecule has 2 saturated heterocycles. The van der Waals surface area contributed by atoms with E-state index in [0.717, 1.165) is 12.6 Å². The highest BCUT2D eigenvalue weighted by Crippen LogP contribution is 2.21. The van der Waals surface area contributed by atoms with Gasteiger partial charge in [-0.05, 0) is 45.8 Å². The summed E-state index contributed by atoms with van der Waals surface area (Å²) in [5.41, 5.74) is 0. The lowest BCUT2D eigenvalue weighted by molar-refractivity contribution is 0.0677. The molecule has 0 amide bonds. The van der Waals surface area contributed by atoms with E-state index >= 15 is 0 Å². The fourth-order valence-electron chi connectivity index (χ4n) is 3.05. The molecule has 94 valence electrons. The third kappa shape index (κ3) is 3.19. The maximum atomic E-state index is 5.37. The normalized spacial score (nSPS) is 30.8. The molecule has 2 rings (SSSR count). The minimum Gasteiger partial charge on any atom is -0.380 e. The van der Waals surface area contributed by atoms with Gasteiger partial charge in [0.25, 0.3) is 0 Å². The van der Waals surface area contributed by atoms with Crippen LogP contribution in [0.15, 0.2) is 0 Å². The number of methoxy groups -OCH3 is 1. The molecule has 2 heterocycles. The van der Waals surface area contributed by atoms with Crippen LogP contribution < -0.4 is 0 Å². The van der Waals surface area contributed by atoms with Crippen LogP contribution in [0.2, 0.25) is 0 Å². The summed E-state index contributed by atoms with van der Waals surface area (Å²) in [6.07, 6.45) is 5.93. The molecule has 3 nitrogen and oxygen atoms in total. The Morgan fingerprint density at radius 1 is 1.19 bits per heavy atom. The van der Waals surface area contributed by atoms with Gasteiger partial charge in [0.2, 0.25) is 0 Å². The summed E-state index contributed by atoms with van der Waals surface area (Å²) in [7, 11) is 1.81. The molecule has 0 N–H and O–H groups in total. The summed E-state index contributed by atoms with van der Waals surface area (Å²) in [4.78, 5) is 5.31. The van der Waals surface area contributed by atoms with E-state index in [-0.39, 0.29) is 0 Å². The number of hydrogen-bond donors (Lipinski definition) is 0. The van der Waals surface area contributed by atoms with Crippen molar-refractivity contribution in [1.82, 2.24) is 9.80 Å². The molecule has 0 aromatic carbocycles. The molecule has 0 radical (unpaired) electrons. The van der Waals surface area contributed by atoms with E-state index in [9.17, 15) is 0 Å². The van der Waals surface area contributed by atoms with Crippen LogP contribution >= 0.6 is 0 Å². The highest BCUT2D eigenvalue weighted by atomic mass is 16.5. The van der Waals surface area contributed by atoms with Crippen LogP contribution in [0.25, 0.3) is 0 Å². The second-order valence-electron chi connectivity index (χ2n) is 5.35. The number of piperidine rings is 1. The molecule has 0 bridgehead atoms. The Morgan fingerprint density at radius 2 is 2.00 bits per heavy atom. The van der Waals surface area contributed by atoms with Gasteiger partial charge in [-0.25, -0.2) is 0 Å². The molecule has 2 fully saturated rings. The molecular formula is C13H26N2O. The zero-order valence-corrected chi connectivity index (χ0v) is 10.8. The summed E-state index contributed by atoms with van der Waals surface area (Å²) < 4.78 is 5.37. The molecule has 2 aliphatic rings. The van der Waals surface area contributed by atoms with Crippen molar-refractivity contribution < 1.29 is 4.74 Å². The molecule has 0 saturated carbocycles. The maximum absolute atomic E-state index is 5.37. The standard InChI is InChI=1S/C13H26N2O/c1-12(16-2)10-14-7-5-9-15-8-4-3-6-13(15)11-14/h12-13H,3-11H2,1-2H3. The van der Waals surface area contributed by atoms with E-state index in [1.807, 2.05) is 7.11 Å². The van der Waals surface area contributed by atoms with E-state index in [1.54, 1.807) is 0 Å². The molecule has 3 heteroatoms. The van der Waals surface area contributed by atoms with Gasteiger partial charge in [-0.3, -0.25) is 9.80 Å². The number of rotatable bonds is 3. The van der Waals surface area contributed by atoms with Gasteiger partial charge in [-0.2, -0.15) is 0 Å². The van der Waals surface area contributed by atoms with Gasteiger partial charge in [0.15, 0.2) is 0 Å². The van der Waals surface area contributed by atoms with Crippen LogP contribution in [-0.2, 0) is 4.74 Å². The molecular weight excluding hydrogens is 200 g/mol. The molecule has 0 aromatic rings. The summed E-state index contributed by atoms with van der Waals surface area (Å²) in [6.45, 7) is 8.42. The fourth-order valence-corrected chi connectivity index (χ4v) is 3.05. The van der Waals surface area contributed by atoms with Crippen LogP contribution in [0.4, 0.5) is 0 Å². The largest absolute Gasteiger partial charge is 0.380 e. The van der Waals surface area contributed by atoms with Crippen LogP contribution in [-0.4, -0.2) is 61.8 Å². The van der Waals surface area contributed by atoms with Crippen molar-refractivity contribution in [3.8, 4) is 0 Å². The summed E-state index contributed by atoms with van der Waals surface area (Å²) in [6, 6.07) is 0.820. The van der Waals surface area contributed by atoms with Gasteiger partial charge in [0.1, 0.15) is 0 Å². The van der Waals surface area contributed by atoms with Crippen molar-refractivity contribution in [1.29, 1.82) is 0 Å².